The van der Waals surface area contributed by atoms with Gasteiger partial charge in [-0.15, -0.1) is 11.3 Å². The molecule has 2 heteroatoms. The van der Waals surface area contributed by atoms with Gasteiger partial charge in [0.05, 0.1) is 0 Å². The highest BCUT2D eigenvalue weighted by molar-refractivity contribution is 7.19. The predicted molar refractivity (Wildman–Crippen MR) is 68.2 cm³/mol. The molecule has 0 aliphatic rings. The van der Waals surface area contributed by atoms with E-state index in [4.69, 9.17) is 5.73 Å². The van der Waals surface area contributed by atoms with Crippen LogP contribution in [0.2, 0.25) is 0 Å². The van der Waals surface area contributed by atoms with Crippen LogP contribution in [0.25, 0.3) is 10.1 Å². The molecule has 2 unspecified atom stereocenters. The van der Waals surface area contributed by atoms with Crippen LogP contribution in [0.1, 0.15) is 31.2 Å². The number of fused-ring (bicyclic) bond motifs is 1. The van der Waals surface area contributed by atoms with Gasteiger partial charge in [0.1, 0.15) is 0 Å². The Morgan fingerprint density at radius 2 is 2.07 bits per heavy atom. The van der Waals surface area contributed by atoms with Crippen LogP contribution in [0, 0.1) is 5.92 Å². The van der Waals surface area contributed by atoms with Crippen molar-refractivity contribution in [1.82, 2.24) is 0 Å². The lowest BCUT2D eigenvalue weighted by Gasteiger charge is -2.16. The number of thiophene rings is 1. The van der Waals surface area contributed by atoms with Crippen molar-refractivity contribution >= 4 is 21.4 Å². The Labute approximate surface area is 94.9 Å². The second-order valence-electron chi connectivity index (χ2n) is 4.10. The van der Waals surface area contributed by atoms with Gasteiger partial charge in [0, 0.05) is 15.6 Å². The fraction of sp³-hybridized carbons (Fsp3) is 0.385. The van der Waals surface area contributed by atoms with E-state index in [0.717, 1.165) is 6.42 Å². The summed E-state index contributed by atoms with van der Waals surface area (Å²) in [5.74, 6) is 0.554. The second kappa shape index (κ2) is 4.33. The first kappa shape index (κ1) is 10.7. The Morgan fingerprint density at radius 1 is 1.33 bits per heavy atom. The fourth-order valence-corrected chi connectivity index (χ4v) is 2.90. The van der Waals surface area contributed by atoms with E-state index < -0.39 is 0 Å². The zero-order valence-electron chi connectivity index (χ0n) is 9.23. The molecule has 1 heterocycles. The molecule has 0 aliphatic carbocycles. The first-order chi connectivity index (χ1) is 7.22. The van der Waals surface area contributed by atoms with Gasteiger partial charge >= 0.3 is 0 Å². The van der Waals surface area contributed by atoms with Gasteiger partial charge < -0.3 is 5.73 Å². The summed E-state index contributed by atoms with van der Waals surface area (Å²) in [6.07, 6.45) is 1.13. The van der Waals surface area contributed by atoms with Crippen LogP contribution in [-0.2, 0) is 0 Å². The van der Waals surface area contributed by atoms with E-state index >= 15 is 0 Å². The van der Waals surface area contributed by atoms with E-state index in [1.807, 2.05) is 11.3 Å². The molecular formula is C13H17NS. The molecule has 2 rings (SSSR count). The molecule has 0 fully saturated rings. The molecule has 1 aromatic carbocycles. The van der Waals surface area contributed by atoms with Crippen LogP contribution >= 0.6 is 11.3 Å². The van der Waals surface area contributed by atoms with Crippen molar-refractivity contribution in [3.8, 4) is 0 Å². The highest BCUT2D eigenvalue weighted by atomic mass is 32.1. The summed E-state index contributed by atoms with van der Waals surface area (Å²) in [6, 6.07) is 10.9. The summed E-state index contributed by atoms with van der Waals surface area (Å²) >= 11 is 1.82. The van der Waals surface area contributed by atoms with Crippen LogP contribution < -0.4 is 5.73 Å². The third-order valence-corrected chi connectivity index (χ3v) is 4.25. The molecule has 1 aromatic heterocycles. The van der Waals surface area contributed by atoms with Crippen LogP contribution in [0.3, 0.4) is 0 Å². The molecule has 0 spiro atoms. The molecule has 0 bridgehead atoms. The minimum absolute atomic E-state index is 0.187. The predicted octanol–water partition coefficient (Wildman–Crippen LogP) is 3.95. The molecule has 0 radical (unpaired) electrons. The van der Waals surface area contributed by atoms with Crippen molar-refractivity contribution < 1.29 is 0 Å². The maximum absolute atomic E-state index is 6.22. The molecule has 2 aromatic rings. The fourth-order valence-electron chi connectivity index (χ4n) is 1.70. The largest absolute Gasteiger partial charge is 0.323 e. The maximum Gasteiger partial charge on any atom is 0.0416 e. The van der Waals surface area contributed by atoms with Gasteiger partial charge in [-0.2, -0.15) is 0 Å². The lowest BCUT2D eigenvalue weighted by molar-refractivity contribution is 0.462. The Morgan fingerprint density at radius 3 is 2.73 bits per heavy atom. The Hall–Kier alpha value is -0.860. The lowest BCUT2D eigenvalue weighted by Crippen LogP contribution is -2.16. The molecule has 1 nitrogen and oxygen atoms in total. The Balaban J connectivity index is 2.36. The van der Waals surface area contributed by atoms with E-state index in [1.54, 1.807) is 0 Å². The zero-order valence-corrected chi connectivity index (χ0v) is 10.1. The summed E-state index contributed by atoms with van der Waals surface area (Å²) < 4.78 is 1.34. The molecule has 0 saturated carbocycles. The van der Waals surface area contributed by atoms with E-state index in [1.165, 1.54) is 15.0 Å². The minimum atomic E-state index is 0.187. The van der Waals surface area contributed by atoms with Crippen LogP contribution in [0.4, 0.5) is 0 Å². The average Bonchev–Trinajstić information content (AvgIpc) is 2.70. The number of hydrogen-bond donors (Lipinski definition) is 1. The highest BCUT2D eigenvalue weighted by Gasteiger charge is 2.15. The number of nitrogens with two attached hydrogens (primary N) is 1. The molecule has 2 N–H and O–H groups in total. The molecule has 0 amide bonds. The van der Waals surface area contributed by atoms with Gasteiger partial charge in [-0.1, -0.05) is 38.5 Å². The van der Waals surface area contributed by atoms with Crippen molar-refractivity contribution in [3.05, 3.63) is 35.2 Å². The minimum Gasteiger partial charge on any atom is -0.323 e. The van der Waals surface area contributed by atoms with Crippen molar-refractivity contribution in [2.24, 2.45) is 11.7 Å². The Bertz CT molecular complexity index is 413. The van der Waals surface area contributed by atoms with E-state index in [0.29, 0.717) is 5.92 Å². The molecular weight excluding hydrogens is 202 g/mol. The normalized spacial score (nSPS) is 15.4. The summed E-state index contributed by atoms with van der Waals surface area (Å²) in [6.45, 7) is 4.41. The van der Waals surface area contributed by atoms with E-state index in [2.05, 4.69) is 44.2 Å². The van der Waals surface area contributed by atoms with E-state index in [-0.39, 0.29) is 6.04 Å². The molecule has 15 heavy (non-hydrogen) atoms. The van der Waals surface area contributed by atoms with Crippen molar-refractivity contribution in [2.45, 2.75) is 26.3 Å². The third-order valence-electron chi connectivity index (χ3n) is 3.03. The van der Waals surface area contributed by atoms with Crippen molar-refractivity contribution in [1.29, 1.82) is 0 Å². The zero-order chi connectivity index (χ0) is 10.8. The van der Waals surface area contributed by atoms with Crippen molar-refractivity contribution in [2.75, 3.05) is 0 Å². The standard InChI is InChI=1S/C13H17NS/c1-3-9(2)13(14)12-8-10-6-4-5-7-11(10)15-12/h4-9,13H,3,14H2,1-2H3. The topological polar surface area (TPSA) is 26.0 Å². The third kappa shape index (κ3) is 2.06. The summed E-state index contributed by atoms with van der Waals surface area (Å²) in [4.78, 5) is 1.31. The van der Waals surface area contributed by atoms with E-state index in [9.17, 15) is 0 Å². The second-order valence-corrected chi connectivity index (χ2v) is 5.21. The van der Waals surface area contributed by atoms with Gasteiger partial charge in [-0.05, 0) is 23.4 Å². The first-order valence-corrected chi connectivity index (χ1v) is 6.28. The first-order valence-electron chi connectivity index (χ1n) is 5.46. The summed E-state index contributed by atoms with van der Waals surface area (Å²) in [5, 5.41) is 1.32. The van der Waals surface area contributed by atoms with Gasteiger partial charge in [-0.3, -0.25) is 0 Å². The van der Waals surface area contributed by atoms with Crippen LogP contribution in [0.15, 0.2) is 30.3 Å². The van der Waals surface area contributed by atoms with Crippen molar-refractivity contribution in [3.63, 3.8) is 0 Å². The molecule has 0 aliphatic heterocycles. The maximum atomic E-state index is 6.22. The number of hydrogen-bond acceptors (Lipinski definition) is 2. The van der Waals surface area contributed by atoms with Gasteiger partial charge in [0.2, 0.25) is 0 Å². The molecule has 2 atom stereocenters. The monoisotopic (exact) mass is 219 g/mol. The molecule has 0 saturated heterocycles. The lowest BCUT2D eigenvalue weighted by atomic mass is 9.98. The quantitative estimate of drug-likeness (QED) is 0.831. The Kier molecular flexibility index (Phi) is 3.08. The van der Waals surface area contributed by atoms with Gasteiger partial charge in [0.25, 0.3) is 0 Å². The summed E-state index contributed by atoms with van der Waals surface area (Å²) in [5.41, 5.74) is 6.22. The van der Waals surface area contributed by atoms with Crippen LogP contribution in [-0.4, -0.2) is 0 Å². The number of rotatable bonds is 3. The van der Waals surface area contributed by atoms with Gasteiger partial charge in [-0.25, -0.2) is 0 Å². The highest BCUT2D eigenvalue weighted by Crippen LogP contribution is 2.32. The van der Waals surface area contributed by atoms with Gasteiger partial charge in [0.15, 0.2) is 0 Å². The van der Waals surface area contributed by atoms with Crippen LogP contribution in [0.5, 0.6) is 0 Å². The molecule has 80 valence electrons. The number of benzene rings is 1. The average molecular weight is 219 g/mol. The summed E-state index contributed by atoms with van der Waals surface area (Å²) in [7, 11) is 0. The smallest absolute Gasteiger partial charge is 0.0416 e. The SMILES string of the molecule is CCC(C)C(N)c1cc2ccccc2s1.